The number of amides is 1. The second kappa shape index (κ2) is 8.51. The first-order chi connectivity index (χ1) is 14.3. The third-order valence-electron chi connectivity index (χ3n) is 4.88. The van der Waals surface area contributed by atoms with E-state index in [-0.39, 0.29) is 27.4 Å². The lowest BCUT2D eigenvalue weighted by Crippen LogP contribution is -2.24. The molecular weight excluding hydrogens is 408 g/mol. The lowest BCUT2D eigenvalue weighted by Gasteiger charge is -2.18. The normalized spacial score (nSPS) is 15.1. The molecule has 0 saturated heterocycles. The number of carbonyl (C=O) groups is 2. The summed E-state index contributed by atoms with van der Waals surface area (Å²) in [5.41, 5.74) is 2.34. The van der Waals surface area contributed by atoms with E-state index in [2.05, 4.69) is 0 Å². The highest BCUT2D eigenvalue weighted by atomic mass is 35.5. The number of anilines is 1. The Morgan fingerprint density at radius 1 is 1.23 bits per heavy atom. The number of carbonyl (C=O) groups excluding carboxylic acids is 2. The molecule has 0 radical (unpaired) electrons. The molecule has 1 aliphatic rings. The lowest BCUT2D eigenvalue weighted by atomic mass is 10.0. The van der Waals surface area contributed by atoms with Gasteiger partial charge in [-0.25, -0.2) is 4.79 Å². The summed E-state index contributed by atoms with van der Waals surface area (Å²) in [6.45, 7) is 3.67. The Kier molecular flexibility index (Phi) is 6.03. The minimum Gasteiger partial charge on any atom is -0.465 e. The summed E-state index contributed by atoms with van der Waals surface area (Å²) in [7, 11) is 1.23. The van der Waals surface area contributed by atoms with E-state index in [1.807, 2.05) is 19.1 Å². The summed E-state index contributed by atoms with van der Waals surface area (Å²) in [5.74, 6) is -1.12. The molecule has 0 atom stereocenters. The van der Waals surface area contributed by atoms with Crippen LogP contribution in [0, 0.1) is 10.1 Å². The number of nitro groups is 1. The Bertz CT molecular complexity index is 1100. The largest absolute Gasteiger partial charge is 0.465 e. The molecule has 1 heterocycles. The Morgan fingerprint density at radius 2 is 1.90 bits per heavy atom. The molecule has 2 aromatic carbocycles. The van der Waals surface area contributed by atoms with Crippen molar-refractivity contribution < 1.29 is 19.2 Å². The van der Waals surface area contributed by atoms with Gasteiger partial charge in [-0.3, -0.25) is 19.8 Å². The van der Waals surface area contributed by atoms with Gasteiger partial charge < -0.3 is 4.74 Å². The zero-order valence-electron chi connectivity index (χ0n) is 16.6. The van der Waals surface area contributed by atoms with Crippen molar-refractivity contribution in [2.45, 2.75) is 20.3 Å². The molecule has 30 heavy (non-hydrogen) atoms. The average Bonchev–Trinajstić information content (AvgIpc) is 2.98. The number of esters is 1. The van der Waals surface area contributed by atoms with Gasteiger partial charge in [0.2, 0.25) is 0 Å². The number of hydrogen-bond acceptors (Lipinski definition) is 5. The van der Waals surface area contributed by atoms with Crippen molar-refractivity contribution in [3.05, 3.63) is 85.6 Å². The van der Waals surface area contributed by atoms with Crippen molar-refractivity contribution in [1.82, 2.24) is 0 Å². The third kappa shape index (κ3) is 3.84. The van der Waals surface area contributed by atoms with Crippen LogP contribution in [0.3, 0.4) is 0 Å². The van der Waals surface area contributed by atoms with Gasteiger partial charge in [-0.05, 0) is 43.2 Å². The Balaban J connectivity index is 2.15. The third-order valence-corrected chi connectivity index (χ3v) is 5.23. The van der Waals surface area contributed by atoms with Crippen molar-refractivity contribution >= 4 is 40.9 Å². The van der Waals surface area contributed by atoms with E-state index in [0.717, 1.165) is 12.0 Å². The predicted octanol–water partition coefficient (Wildman–Crippen LogP) is 4.69. The fraction of sp³-hybridized carbons (Fsp3) is 0.182. The van der Waals surface area contributed by atoms with Gasteiger partial charge >= 0.3 is 5.97 Å². The highest BCUT2D eigenvalue weighted by Gasteiger charge is 2.38. The van der Waals surface area contributed by atoms with Crippen LogP contribution in [0.1, 0.15) is 25.0 Å². The van der Waals surface area contributed by atoms with Gasteiger partial charge in [-0.15, -0.1) is 0 Å². The van der Waals surface area contributed by atoms with Crippen LogP contribution >= 0.6 is 11.6 Å². The van der Waals surface area contributed by atoms with Crippen molar-refractivity contribution in [3.8, 4) is 0 Å². The highest BCUT2D eigenvalue weighted by molar-refractivity contribution is 6.32. The molecular formula is C22H19ClN2O5. The minimum atomic E-state index is -0.679. The molecule has 0 saturated carbocycles. The van der Waals surface area contributed by atoms with Crippen LogP contribution < -0.4 is 4.90 Å². The number of non-ortho nitro benzene ring substituents is 1. The standard InChI is InChI=1S/C22H19ClN2O5/c1-4-14-5-7-16(8-6-14)24-13(2)20(22(27)30-3)18(21(24)26)12-15-11-17(25(28)29)9-10-19(15)23/h5-12H,4H2,1-3H3. The summed E-state index contributed by atoms with van der Waals surface area (Å²) < 4.78 is 4.88. The maximum atomic E-state index is 13.3. The van der Waals surface area contributed by atoms with Gasteiger partial charge in [-0.1, -0.05) is 30.7 Å². The maximum Gasteiger partial charge on any atom is 0.340 e. The van der Waals surface area contributed by atoms with Gasteiger partial charge in [0.25, 0.3) is 11.6 Å². The van der Waals surface area contributed by atoms with E-state index in [9.17, 15) is 19.7 Å². The first kappa shape index (κ1) is 21.3. The number of methoxy groups -OCH3 is 1. The van der Waals surface area contributed by atoms with Gasteiger partial charge in [-0.2, -0.15) is 0 Å². The first-order valence-electron chi connectivity index (χ1n) is 9.17. The molecule has 0 unspecified atom stereocenters. The number of aryl methyl sites for hydroxylation is 1. The van der Waals surface area contributed by atoms with E-state index in [0.29, 0.717) is 11.4 Å². The Labute approximate surface area is 178 Å². The Morgan fingerprint density at radius 3 is 2.47 bits per heavy atom. The Hall–Kier alpha value is -3.45. The van der Waals surface area contributed by atoms with E-state index in [4.69, 9.17) is 16.3 Å². The molecule has 0 aliphatic carbocycles. The number of rotatable bonds is 5. The van der Waals surface area contributed by atoms with Gasteiger partial charge in [0.1, 0.15) is 0 Å². The summed E-state index contributed by atoms with van der Waals surface area (Å²) in [4.78, 5) is 37.7. The molecule has 1 aliphatic heterocycles. The van der Waals surface area contributed by atoms with Gasteiger partial charge in [0.05, 0.1) is 23.2 Å². The zero-order chi connectivity index (χ0) is 22.0. The predicted molar refractivity (Wildman–Crippen MR) is 114 cm³/mol. The molecule has 3 rings (SSSR count). The second-order valence-electron chi connectivity index (χ2n) is 6.63. The molecule has 0 N–H and O–H groups in total. The smallest absolute Gasteiger partial charge is 0.340 e. The van der Waals surface area contributed by atoms with Crippen molar-refractivity contribution in [2.24, 2.45) is 0 Å². The van der Waals surface area contributed by atoms with E-state index in [1.54, 1.807) is 19.1 Å². The van der Waals surface area contributed by atoms with Crippen LogP contribution in [0.15, 0.2) is 59.3 Å². The quantitative estimate of drug-likeness (QED) is 0.299. The maximum absolute atomic E-state index is 13.3. The molecule has 2 aromatic rings. The number of nitro benzene ring substituents is 1. The van der Waals surface area contributed by atoms with E-state index >= 15 is 0 Å². The molecule has 1 amide bonds. The van der Waals surface area contributed by atoms with E-state index in [1.165, 1.54) is 36.3 Å². The van der Waals surface area contributed by atoms with Crippen LogP contribution in [0.25, 0.3) is 6.08 Å². The number of nitrogens with zero attached hydrogens (tertiary/aromatic N) is 2. The van der Waals surface area contributed by atoms with Crippen molar-refractivity contribution in [2.75, 3.05) is 12.0 Å². The zero-order valence-corrected chi connectivity index (χ0v) is 17.4. The molecule has 0 aromatic heterocycles. The van der Waals surface area contributed by atoms with Crippen LogP contribution in [0.4, 0.5) is 11.4 Å². The molecule has 7 nitrogen and oxygen atoms in total. The van der Waals surface area contributed by atoms with Crippen LogP contribution in [0.2, 0.25) is 5.02 Å². The fourth-order valence-corrected chi connectivity index (χ4v) is 3.45. The summed E-state index contributed by atoms with van der Waals surface area (Å²) >= 11 is 6.19. The average molecular weight is 427 g/mol. The van der Waals surface area contributed by atoms with Crippen molar-refractivity contribution in [3.63, 3.8) is 0 Å². The molecule has 0 spiro atoms. The lowest BCUT2D eigenvalue weighted by molar-refractivity contribution is -0.384. The second-order valence-corrected chi connectivity index (χ2v) is 7.04. The van der Waals surface area contributed by atoms with Crippen LogP contribution in [0.5, 0.6) is 0 Å². The summed E-state index contributed by atoms with van der Waals surface area (Å²) in [5, 5.41) is 11.3. The monoisotopic (exact) mass is 426 g/mol. The SMILES string of the molecule is CCc1ccc(N2C(=O)C(=Cc3cc([N+](=O)[O-])ccc3Cl)C(C(=O)OC)=C2C)cc1. The highest BCUT2D eigenvalue weighted by Crippen LogP contribution is 2.36. The van der Waals surface area contributed by atoms with E-state index < -0.39 is 16.8 Å². The molecule has 0 fully saturated rings. The number of benzene rings is 2. The minimum absolute atomic E-state index is 0.0568. The van der Waals surface area contributed by atoms with Crippen LogP contribution in [-0.4, -0.2) is 23.9 Å². The van der Waals surface area contributed by atoms with Crippen molar-refractivity contribution in [1.29, 1.82) is 0 Å². The molecule has 0 bridgehead atoms. The summed E-state index contributed by atoms with van der Waals surface area (Å²) in [6.07, 6.45) is 2.24. The number of ether oxygens (including phenoxy) is 1. The molecule has 8 heteroatoms. The number of hydrogen-bond donors (Lipinski definition) is 0. The van der Waals surface area contributed by atoms with Crippen LogP contribution in [-0.2, 0) is 20.7 Å². The first-order valence-corrected chi connectivity index (χ1v) is 9.54. The summed E-state index contributed by atoms with van der Waals surface area (Å²) in [6, 6.07) is 11.3. The van der Waals surface area contributed by atoms with Gasteiger partial charge in [0.15, 0.2) is 0 Å². The topological polar surface area (TPSA) is 89.8 Å². The number of halogens is 1. The number of allylic oxidation sites excluding steroid dienone is 1. The molecule has 154 valence electrons. The fourth-order valence-electron chi connectivity index (χ4n) is 3.28. The van der Waals surface area contributed by atoms with Gasteiger partial charge in [0, 0.05) is 34.1 Å².